The van der Waals surface area contributed by atoms with Gasteiger partial charge in [0.1, 0.15) is 25.1 Å². The van der Waals surface area contributed by atoms with Crippen molar-refractivity contribution in [1.29, 1.82) is 0 Å². The third-order valence-electron chi connectivity index (χ3n) is 4.96. The molecule has 0 aromatic heterocycles. The molecule has 0 radical (unpaired) electrons. The molecule has 0 saturated carbocycles. The van der Waals surface area contributed by atoms with Crippen molar-refractivity contribution in [2.24, 2.45) is 0 Å². The molecule has 10 heteroatoms. The Morgan fingerprint density at radius 3 is 2.70 bits per heavy atom. The van der Waals surface area contributed by atoms with Crippen molar-refractivity contribution in [2.75, 3.05) is 32.1 Å². The number of esters is 1. The molecule has 33 heavy (non-hydrogen) atoms. The van der Waals surface area contributed by atoms with Crippen LogP contribution in [0.15, 0.2) is 30.3 Å². The van der Waals surface area contributed by atoms with E-state index in [0.717, 1.165) is 5.56 Å². The van der Waals surface area contributed by atoms with Gasteiger partial charge in [-0.05, 0) is 38.0 Å². The Labute approximate surface area is 202 Å². The second-order valence-corrected chi connectivity index (χ2v) is 8.54. The molecule has 1 aliphatic rings. The highest BCUT2D eigenvalue weighted by atomic mass is 35.5. The molecule has 0 aliphatic carbocycles. The van der Waals surface area contributed by atoms with Gasteiger partial charge in [0.15, 0.2) is 11.5 Å². The number of hydrogen-bond donors (Lipinski definition) is 3. The Bertz CT molecular complexity index is 951. The fourth-order valence-corrected chi connectivity index (χ4v) is 3.72. The number of benzene rings is 2. The molecule has 180 valence electrons. The Morgan fingerprint density at radius 2 is 2.00 bits per heavy atom. The minimum atomic E-state index is -0.757. The Morgan fingerprint density at radius 1 is 1.27 bits per heavy atom. The summed E-state index contributed by atoms with van der Waals surface area (Å²) < 4.78 is 21.9. The molecule has 1 heterocycles. The zero-order chi connectivity index (χ0) is 24.0. The number of nitrogen functional groups attached to an aromatic ring is 1. The summed E-state index contributed by atoms with van der Waals surface area (Å²) in [6.45, 7) is 4.57. The van der Waals surface area contributed by atoms with Gasteiger partial charge in [-0.2, -0.15) is 0 Å². The molecule has 0 fully saturated rings. The summed E-state index contributed by atoms with van der Waals surface area (Å²) in [5, 5.41) is 14.1. The normalized spacial score (nSPS) is 16.7. The molecule has 2 aromatic rings. The van der Waals surface area contributed by atoms with E-state index in [1.54, 1.807) is 25.1 Å². The predicted molar refractivity (Wildman–Crippen MR) is 127 cm³/mol. The van der Waals surface area contributed by atoms with Gasteiger partial charge in [0, 0.05) is 24.7 Å². The highest BCUT2D eigenvalue weighted by Gasteiger charge is 2.28. The van der Waals surface area contributed by atoms with Crippen molar-refractivity contribution in [2.45, 2.75) is 38.5 Å². The highest BCUT2D eigenvalue weighted by molar-refractivity contribution is 6.39. The number of carbonyl (C=O) groups excluding carboxylic acids is 1. The van der Waals surface area contributed by atoms with Crippen LogP contribution in [0, 0.1) is 0 Å². The number of aliphatic hydroxyl groups is 1. The van der Waals surface area contributed by atoms with Crippen LogP contribution in [0.4, 0.5) is 5.69 Å². The molecular formula is C23H28Cl2N2O6. The first-order valence-electron chi connectivity index (χ1n) is 10.6. The van der Waals surface area contributed by atoms with E-state index >= 15 is 0 Å². The van der Waals surface area contributed by atoms with Gasteiger partial charge >= 0.3 is 5.97 Å². The summed E-state index contributed by atoms with van der Waals surface area (Å²) in [5.41, 5.74) is 7.03. The standard InChI is InChI=1S/C23H28Cl2N2O6/c1-3-30-23(29)21-12-32-20-7-14(4-5-19(20)33-21)6-13(2)27-10-15(28)11-31-16-8-17(24)22(26)18(25)9-16/h4-5,7-9,13,15,21,27-28H,3,6,10-12,26H2,1-2H3/t13-,15+,21-/m1/s1. The van der Waals surface area contributed by atoms with Crippen molar-refractivity contribution in [3.63, 3.8) is 0 Å². The van der Waals surface area contributed by atoms with E-state index in [4.69, 9.17) is 47.9 Å². The van der Waals surface area contributed by atoms with Crippen LogP contribution in [-0.2, 0) is 16.0 Å². The summed E-state index contributed by atoms with van der Waals surface area (Å²) in [7, 11) is 0. The molecule has 4 N–H and O–H groups in total. The molecule has 0 spiro atoms. The van der Waals surface area contributed by atoms with E-state index in [0.29, 0.717) is 52.6 Å². The number of nitrogens with one attached hydrogen (secondary N) is 1. The zero-order valence-corrected chi connectivity index (χ0v) is 20.0. The van der Waals surface area contributed by atoms with Gasteiger partial charge in [0.25, 0.3) is 0 Å². The SMILES string of the molecule is CCOC(=O)[C@H]1COc2cc(C[C@@H](C)NC[C@H](O)COc3cc(Cl)c(N)c(Cl)c3)ccc2O1. The number of rotatable bonds is 10. The van der Waals surface area contributed by atoms with Crippen LogP contribution in [0.5, 0.6) is 17.2 Å². The van der Waals surface area contributed by atoms with Crippen molar-refractivity contribution in [3.05, 3.63) is 45.9 Å². The lowest BCUT2D eigenvalue weighted by Gasteiger charge is -2.25. The smallest absolute Gasteiger partial charge is 0.350 e. The van der Waals surface area contributed by atoms with Gasteiger partial charge in [-0.25, -0.2) is 4.79 Å². The number of ether oxygens (including phenoxy) is 4. The average molecular weight is 499 g/mol. The first-order chi connectivity index (χ1) is 15.8. The van der Waals surface area contributed by atoms with Gasteiger partial charge in [0.05, 0.1) is 22.3 Å². The second-order valence-electron chi connectivity index (χ2n) is 7.73. The van der Waals surface area contributed by atoms with Crippen LogP contribution in [0.25, 0.3) is 0 Å². The fraction of sp³-hybridized carbons (Fsp3) is 0.435. The van der Waals surface area contributed by atoms with Crippen molar-refractivity contribution >= 4 is 34.9 Å². The monoisotopic (exact) mass is 498 g/mol. The summed E-state index contributed by atoms with van der Waals surface area (Å²) in [6.07, 6.45) is -0.787. The minimum Gasteiger partial charge on any atom is -0.491 e. The second kappa shape index (κ2) is 11.7. The maximum Gasteiger partial charge on any atom is 0.350 e. The van der Waals surface area contributed by atoms with Gasteiger partial charge < -0.3 is 35.1 Å². The number of carbonyl (C=O) groups is 1. The molecular weight excluding hydrogens is 471 g/mol. The Kier molecular flexibility index (Phi) is 8.91. The van der Waals surface area contributed by atoms with E-state index in [1.807, 2.05) is 19.1 Å². The lowest BCUT2D eigenvalue weighted by Crippen LogP contribution is -2.38. The fourth-order valence-electron chi connectivity index (χ4n) is 3.25. The molecule has 3 rings (SSSR count). The Hall–Kier alpha value is -2.39. The molecule has 8 nitrogen and oxygen atoms in total. The first-order valence-corrected chi connectivity index (χ1v) is 11.4. The lowest BCUT2D eigenvalue weighted by atomic mass is 10.1. The summed E-state index contributed by atoms with van der Waals surface area (Å²) in [5.74, 6) is 1.11. The lowest BCUT2D eigenvalue weighted by molar-refractivity contribution is -0.153. The Balaban J connectivity index is 1.44. The van der Waals surface area contributed by atoms with Gasteiger partial charge in [-0.3, -0.25) is 0 Å². The maximum atomic E-state index is 11.8. The van der Waals surface area contributed by atoms with Crippen LogP contribution in [-0.4, -0.2) is 55.7 Å². The van der Waals surface area contributed by atoms with Crippen LogP contribution in [0.3, 0.4) is 0 Å². The minimum absolute atomic E-state index is 0.0714. The zero-order valence-electron chi connectivity index (χ0n) is 18.5. The molecule has 1 aliphatic heterocycles. The predicted octanol–water partition coefficient (Wildman–Crippen LogP) is 3.24. The largest absolute Gasteiger partial charge is 0.491 e. The number of hydrogen-bond acceptors (Lipinski definition) is 8. The van der Waals surface area contributed by atoms with Crippen LogP contribution >= 0.6 is 23.2 Å². The summed E-state index contributed by atoms with van der Waals surface area (Å²) >= 11 is 12.0. The van der Waals surface area contributed by atoms with E-state index < -0.39 is 18.2 Å². The maximum absolute atomic E-state index is 11.8. The molecule has 0 bridgehead atoms. The molecule has 2 aromatic carbocycles. The van der Waals surface area contributed by atoms with Gasteiger partial charge in [-0.15, -0.1) is 0 Å². The first kappa shape index (κ1) is 25.2. The summed E-state index contributed by atoms with van der Waals surface area (Å²) in [4.78, 5) is 11.8. The highest BCUT2D eigenvalue weighted by Crippen LogP contribution is 2.33. The third-order valence-corrected chi connectivity index (χ3v) is 5.58. The number of aliphatic hydroxyl groups excluding tert-OH is 1. The van der Waals surface area contributed by atoms with E-state index in [1.165, 1.54) is 0 Å². The van der Waals surface area contributed by atoms with Crippen molar-refractivity contribution in [1.82, 2.24) is 5.32 Å². The number of nitrogens with two attached hydrogens (primary N) is 1. The van der Waals surface area contributed by atoms with Gasteiger partial charge in [0.2, 0.25) is 6.10 Å². The van der Waals surface area contributed by atoms with E-state index in [9.17, 15) is 9.90 Å². The molecule has 0 amide bonds. The third kappa shape index (κ3) is 7.04. The van der Waals surface area contributed by atoms with Crippen molar-refractivity contribution < 1.29 is 28.8 Å². The number of anilines is 1. The van der Waals surface area contributed by atoms with Crippen LogP contribution in [0.1, 0.15) is 19.4 Å². The molecule has 3 atom stereocenters. The molecule has 0 saturated heterocycles. The van der Waals surface area contributed by atoms with E-state index in [-0.39, 0.29) is 19.3 Å². The quantitative estimate of drug-likeness (QED) is 0.338. The number of halogens is 2. The van der Waals surface area contributed by atoms with Crippen LogP contribution in [0.2, 0.25) is 10.0 Å². The topological polar surface area (TPSA) is 112 Å². The van der Waals surface area contributed by atoms with Gasteiger partial charge in [-0.1, -0.05) is 29.3 Å². The average Bonchev–Trinajstić information content (AvgIpc) is 2.79. The number of fused-ring (bicyclic) bond motifs is 1. The van der Waals surface area contributed by atoms with Crippen molar-refractivity contribution in [3.8, 4) is 17.2 Å². The van der Waals surface area contributed by atoms with E-state index in [2.05, 4.69) is 5.32 Å². The molecule has 0 unspecified atom stereocenters. The summed E-state index contributed by atoms with van der Waals surface area (Å²) in [6, 6.07) is 8.79. The van der Waals surface area contributed by atoms with Crippen LogP contribution < -0.4 is 25.3 Å².